The van der Waals surface area contributed by atoms with E-state index >= 15 is 0 Å². The third-order valence-corrected chi connectivity index (χ3v) is 2.85. The highest BCUT2D eigenvalue weighted by molar-refractivity contribution is 5.46. The summed E-state index contributed by atoms with van der Waals surface area (Å²) in [6, 6.07) is 6.75. The van der Waals surface area contributed by atoms with Gasteiger partial charge >= 0.3 is 0 Å². The summed E-state index contributed by atoms with van der Waals surface area (Å²) >= 11 is 0. The summed E-state index contributed by atoms with van der Waals surface area (Å²) < 4.78 is 13.1. The van der Waals surface area contributed by atoms with Crippen molar-refractivity contribution < 1.29 is 4.39 Å². The van der Waals surface area contributed by atoms with Gasteiger partial charge in [0, 0.05) is 18.8 Å². The van der Waals surface area contributed by atoms with Gasteiger partial charge in [-0.25, -0.2) is 4.39 Å². The van der Waals surface area contributed by atoms with E-state index in [0.717, 1.165) is 25.2 Å². The number of halogens is 1. The Balaban J connectivity index is 2.60. The molecule has 0 bridgehead atoms. The van der Waals surface area contributed by atoms with Crippen LogP contribution in [0.15, 0.2) is 24.3 Å². The Morgan fingerprint density at radius 1 is 1.44 bits per heavy atom. The lowest BCUT2D eigenvalue weighted by Gasteiger charge is -2.24. The molecule has 1 rings (SSSR count). The molecular formula is C13H21FN2. The van der Waals surface area contributed by atoms with Gasteiger partial charge in [-0.15, -0.1) is 0 Å². The van der Waals surface area contributed by atoms with E-state index in [-0.39, 0.29) is 5.82 Å². The van der Waals surface area contributed by atoms with Crippen molar-refractivity contribution in [2.45, 2.75) is 20.3 Å². The summed E-state index contributed by atoms with van der Waals surface area (Å²) in [4.78, 5) is 2.18. The van der Waals surface area contributed by atoms with Crippen molar-refractivity contribution in [3.63, 3.8) is 0 Å². The lowest BCUT2D eigenvalue weighted by Crippen LogP contribution is -2.26. The second-order valence-corrected chi connectivity index (χ2v) is 4.19. The minimum absolute atomic E-state index is 0.178. The Morgan fingerprint density at radius 2 is 2.19 bits per heavy atom. The van der Waals surface area contributed by atoms with Gasteiger partial charge in [0.25, 0.3) is 0 Å². The number of benzene rings is 1. The molecule has 0 saturated carbocycles. The first-order chi connectivity index (χ1) is 7.67. The van der Waals surface area contributed by atoms with Gasteiger partial charge in [-0.2, -0.15) is 0 Å². The molecule has 1 unspecified atom stereocenters. The van der Waals surface area contributed by atoms with Crippen LogP contribution in [0.25, 0.3) is 0 Å². The van der Waals surface area contributed by atoms with Gasteiger partial charge in [0.05, 0.1) is 0 Å². The molecule has 0 aromatic heterocycles. The van der Waals surface area contributed by atoms with E-state index in [1.54, 1.807) is 12.1 Å². The molecule has 0 heterocycles. The molecule has 16 heavy (non-hydrogen) atoms. The average Bonchev–Trinajstić information content (AvgIpc) is 2.29. The second-order valence-electron chi connectivity index (χ2n) is 4.19. The van der Waals surface area contributed by atoms with E-state index in [9.17, 15) is 4.39 Å². The lowest BCUT2D eigenvalue weighted by atomic mass is 10.1. The van der Waals surface area contributed by atoms with Crippen molar-refractivity contribution in [1.29, 1.82) is 0 Å². The van der Waals surface area contributed by atoms with Crippen molar-refractivity contribution in [3.8, 4) is 0 Å². The van der Waals surface area contributed by atoms with Crippen molar-refractivity contribution in [3.05, 3.63) is 30.1 Å². The molecule has 2 nitrogen and oxygen atoms in total. The molecule has 90 valence electrons. The normalized spacial score (nSPS) is 12.5. The van der Waals surface area contributed by atoms with E-state index in [2.05, 4.69) is 18.7 Å². The number of nitrogens with zero attached hydrogens (tertiary/aromatic N) is 1. The number of hydrogen-bond donors (Lipinski definition) is 1. The molecule has 0 radical (unpaired) electrons. The highest BCUT2D eigenvalue weighted by Crippen LogP contribution is 2.16. The standard InChI is InChI=1S/C13H21FN2/c1-3-16(8-7-11(2)10-15)13-6-4-5-12(14)9-13/h4-6,9,11H,3,7-8,10,15H2,1-2H3. The van der Waals surface area contributed by atoms with Crippen LogP contribution in [0, 0.1) is 11.7 Å². The van der Waals surface area contributed by atoms with Crippen LogP contribution in [0.1, 0.15) is 20.3 Å². The van der Waals surface area contributed by atoms with Gasteiger partial charge in [0.15, 0.2) is 0 Å². The Hall–Kier alpha value is -1.09. The zero-order valence-electron chi connectivity index (χ0n) is 10.1. The molecule has 0 spiro atoms. The molecule has 0 saturated heterocycles. The Morgan fingerprint density at radius 3 is 2.75 bits per heavy atom. The second kappa shape index (κ2) is 6.48. The molecule has 0 aliphatic rings. The fourth-order valence-electron chi connectivity index (χ4n) is 1.64. The Labute approximate surface area is 97.3 Å². The number of rotatable bonds is 6. The van der Waals surface area contributed by atoms with Gasteiger partial charge in [0.1, 0.15) is 5.82 Å². The highest BCUT2D eigenvalue weighted by atomic mass is 19.1. The van der Waals surface area contributed by atoms with Crippen LogP contribution >= 0.6 is 0 Å². The van der Waals surface area contributed by atoms with E-state index in [1.807, 2.05) is 6.07 Å². The summed E-state index contributed by atoms with van der Waals surface area (Å²) in [6.07, 6.45) is 1.04. The zero-order valence-corrected chi connectivity index (χ0v) is 10.1. The minimum Gasteiger partial charge on any atom is -0.372 e. The van der Waals surface area contributed by atoms with Crippen molar-refractivity contribution in [2.24, 2.45) is 11.7 Å². The molecule has 1 aromatic rings. The summed E-state index contributed by atoms with van der Waals surface area (Å²) in [5, 5.41) is 0. The molecular weight excluding hydrogens is 203 g/mol. The molecule has 3 heteroatoms. The summed E-state index contributed by atoms with van der Waals surface area (Å²) in [6.45, 7) is 6.75. The SMILES string of the molecule is CCN(CCC(C)CN)c1cccc(F)c1. The van der Waals surface area contributed by atoms with Crippen LogP contribution in [0.2, 0.25) is 0 Å². The summed E-state index contributed by atoms with van der Waals surface area (Å²) in [5.41, 5.74) is 6.53. The molecule has 1 atom stereocenters. The van der Waals surface area contributed by atoms with Crippen LogP contribution in [0.5, 0.6) is 0 Å². The predicted molar refractivity (Wildman–Crippen MR) is 67.1 cm³/mol. The summed E-state index contributed by atoms with van der Waals surface area (Å²) in [5.74, 6) is 0.338. The molecule has 2 N–H and O–H groups in total. The van der Waals surface area contributed by atoms with E-state index < -0.39 is 0 Å². The van der Waals surface area contributed by atoms with E-state index in [4.69, 9.17) is 5.73 Å². The zero-order chi connectivity index (χ0) is 12.0. The smallest absolute Gasteiger partial charge is 0.125 e. The maximum absolute atomic E-state index is 13.1. The first-order valence-corrected chi connectivity index (χ1v) is 5.88. The first-order valence-electron chi connectivity index (χ1n) is 5.88. The third kappa shape index (κ3) is 3.81. The van der Waals surface area contributed by atoms with Crippen LogP contribution in [0.4, 0.5) is 10.1 Å². The number of nitrogens with two attached hydrogens (primary N) is 1. The van der Waals surface area contributed by atoms with Crippen LogP contribution in [0.3, 0.4) is 0 Å². The van der Waals surface area contributed by atoms with E-state index in [1.165, 1.54) is 6.07 Å². The van der Waals surface area contributed by atoms with E-state index in [0.29, 0.717) is 12.5 Å². The topological polar surface area (TPSA) is 29.3 Å². The quantitative estimate of drug-likeness (QED) is 0.805. The van der Waals surface area contributed by atoms with Crippen molar-refractivity contribution in [1.82, 2.24) is 0 Å². The fraction of sp³-hybridized carbons (Fsp3) is 0.538. The van der Waals surface area contributed by atoms with Crippen LogP contribution < -0.4 is 10.6 Å². The van der Waals surface area contributed by atoms with Gasteiger partial charge in [0.2, 0.25) is 0 Å². The average molecular weight is 224 g/mol. The van der Waals surface area contributed by atoms with Crippen molar-refractivity contribution in [2.75, 3.05) is 24.5 Å². The molecule has 0 aliphatic heterocycles. The van der Waals surface area contributed by atoms with Gasteiger partial charge in [-0.3, -0.25) is 0 Å². The van der Waals surface area contributed by atoms with Gasteiger partial charge in [-0.1, -0.05) is 13.0 Å². The minimum atomic E-state index is -0.178. The monoisotopic (exact) mass is 224 g/mol. The maximum atomic E-state index is 13.1. The third-order valence-electron chi connectivity index (χ3n) is 2.85. The summed E-state index contributed by atoms with van der Waals surface area (Å²) in [7, 11) is 0. The first kappa shape index (κ1) is 13.0. The molecule has 1 aromatic carbocycles. The molecule has 0 fully saturated rings. The van der Waals surface area contributed by atoms with Crippen LogP contribution in [-0.4, -0.2) is 19.6 Å². The Kier molecular flexibility index (Phi) is 5.26. The van der Waals surface area contributed by atoms with Gasteiger partial charge in [-0.05, 0) is 44.0 Å². The lowest BCUT2D eigenvalue weighted by molar-refractivity contribution is 0.538. The largest absolute Gasteiger partial charge is 0.372 e. The predicted octanol–water partition coefficient (Wildman–Crippen LogP) is 2.64. The number of hydrogen-bond acceptors (Lipinski definition) is 2. The molecule has 0 aliphatic carbocycles. The van der Waals surface area contributed by atoms with Gasteiger partial charge < -0.3 is 10.6 Å². The fourth-order valence-corrected chi connectivity index (χ4v) is 1.64. The Bertz CT molecular complexity index is 315. The maximum Gasteiger partial charge on any atom is 0.125 e. The highest BCUT2D eigenvalue weighted by Gasteiger charge is 2.07. The van der Waals surface area contributed by atoms with Crippen LogP contribution in [-0.2, 0) is 0 Å². The molecule has 0 amide bonds. The van der Waals surface area contributed by atoms with Crippen molar-refractivity contribution >= 4 is 5.69 Å². The number of anilines is 1.